The minimum Gasteiger partial charge on any atom is -0.389 e. The molecule has 0 bridgehead atoms. The maximum absolute atomic E-state index is 10.4. The Morgan fingerprint density at radius 1 is 1.29 bits per heavy atom. The van der Waals surface area contributed by atoms with Crippen LogP contribution in [0.25, 0.3) is 0 Å². The third-order valence-corrected chi connectivity index (χ3v) is 4.57. The first kappa shape index (κ1) is 14.8. The van der Waals surface area contributed by atoms with Crippen LogP contribution in [-0.4, -0.2) is 29.5 Å². The number of hydrogen-bond donors (Lipinski definition) is 2. The summed E-state index contributed by atoms with van der Waals surface area (Å²) in [6.07, 6.45) is 1.73. The molecule has 1 aromatic rings. The fourth-order valence-corrected chi connectivity index (χ4v) is 3.15. The van der Waals surface area contributed by atoms with E-state index in [2.05, 4.69) is 36.5 Å². The Morgan fingerprint density at radius 3 is 2.59 bits per heavy atom. The van der Waals surface area contributed by atoms with Crippen molar-refractivity contribution in [1.29, 1.82) is 0 Å². The fraction of sp³-hybridized carbons (Fsp3) is 0.538. The summed E-state index contributed by atoms with van der Waals surface area (Å²) in [4.78, 5) is 1.29. The van der Waals surface area contributed by atoms with Crippen LogP contribution in [0.3, 0.4) is 0 Å². The lowest BCUT2D eigenvalue weighted by Crippen LogP contribution is -2.43. The number of thioether (sulfide) groups is 1. The molecule has 1 aromatic carbocycles. The van der Waals surface area contributed by atoms with Gasteiger partial charge in [-0.1, -0.05) is 18.2 Å². The quantitative estimate of drug-likeness (QED) is 0.831. The molecular weight excluding hydrogens is 254 g/mol. The van der Waals surface area contributed by atoms with Gasteiger partial charge < -0.3 is 10.4 Å². The van der Waals surface area contributed by atoms with E-state index in [1.54, 1.807) is 11.8 Å². The molecule has 2 rings (SSSR count). The molecule has 0 radical (unpaired) electrons. The first-order valence-corrected chi connectivity index (χ1v) is 6.80. The van der Waals surface area contributed by atoms with Crippen molar-refractivity contribution in [2.75, 3.05) is 18.8 Å². The summed E-state index contributed by atoms with van der Waals surface area (Å²) in [5.41, 5.74) is 0.822. The highest BCUT2D eigenvalue weighted by Crippen LogP contribution is 2.29. The highest BCUT2D eigenvalue weighted by atomic mass is 35.5. The van der Waals surface area contributed by atoms with Gasteiger partial charge in [-0.2, -0.15) is 0 Å². The SMILES string of the molecule is Cc1ccccc1SCC1(O)CCNCC1.Cl. The number of halogens is 1. The van der Waals surface area contributed by atoms with E-state index in [-0.39, 0.29) is 12.4 Å². The van der Waals surface area contributed by atoms with Gasteiger partial charge in [-0.15, -0.1) is 24.2 Å². The third-order valence-electron chi connectivity index (χ3n) is 3.12. The minimum atomic E-state index is -0.474. The van der Waals surface area contributed by atoms with E-state index in [4.69, 9.17) is 0 Å². The molecule has 0 saturated carbocycles. The van der Waals surface area contributed by atoms with Crippen LogP contribution in [0.2, 0.25) is 0 Å². The number of aliphatic hydroxyl groups is 1. The topological polar surface area (TPSA) is 32.3 Å². The van der Waals surface area contributed by atoms with Crippen molar-refractivity contribution in [2.24, 2.45) is 0 Å². The van der Waals surface area contributed by atoms with E-state index in [1.165, 1.54) is 10.5 Å². The van der Waals surface area contributed by atoms with Gasteiger partial charge in [0.25, 0.3) is 0 Å². The Labute approximate surface area is 114 Å². The highest BCUT2D eigenvalue weighted by Gasteiger charge is 2.29. The van der Waals surface area contributed by atoms with Crippen LogP contribution >= 0.6 is 24.2 Å². The standard InChI is InChI=1S/C13H19NOS.ClH/c1-11-4-2-3-5-12(11)16-10-13(15)6-8-14-9-7-13;/h2-5,14-15H,6-10H2,1H3;1H. The molecule has 1 aliphatic heterocycles. The third kappa shape index (κ3) is 4.18. The van der Waals surface area contributed by atoms with Crippen LogP contribution < -0.4 is 5.32 Å². The Hall–Kier alpha value is -0.220. The number of rotatable bonds is 3. The van der Waals surface area contributed by atoms with Crippen molar-refractivity contribution in [3.8, 4) is 0 Å². The molecule has 0 aliphatic carbocycles. The molecule has 96 valence electrons. The van der Waals surface area contributed by atoms with Gasteiger partial charge in [0.05, 0.1) is 5.60 Å². The van der Waals surface area contributed by atoms with Crippen LogP contribution in [0.4, 0.5) is 0 Å². The normalized spacial score (nSPS) is 18.5. The van der Waals surface area contributed by atoms with Crippen molar-refractivity contribution in [2.45, 2.75) is 30.3 Å². The van der Waals surface area contributed by atoms with Crippen molar-refractivity contribution in [1.82, 2.24) is 5.32 Å². The number of benzene rings is 1. The molecule has 2 N–H and O–H groups in total. The molecule has 1 aliphatic rings. The van der Waals surface area contributed by atoms with Crippen LogP contribution in [0, 0.1) is 6.92 Å². The Kier molecular flexibility index (Phi) is 5.80. The first-order valence-electron chi connectivity index (χ1n) is 5.81. The van der Waals surface area contributed by atoms with Crippen molar-refractivity contribution in [3.05, 3.63) is 29.8 Å². The molecule has 1 fully saturated rings. The van der Waals surface area contributed by atoms with Gasteiger partial charge in [0, 0.05) is 10.6 Å². The van der Waals surface area contributed by atoms with E-state index in [0.29, 0.717) is 0 Å². The van der Waals surface area contributed by atoms with E-state index in [9.17, 15) is 5.11 Å². The number of piperidine rings is 1. The largest absolute Gasteiger partial charge is 0.389 e. The molecule has 0 aromatic heterocycles. The lowest BCUT2D eigenvalue weighted by molar-refractivity contribution is 0.0339. The second kappa shape index (κ2) is 6.64. The lowest BCUT2D eigenvalue weighted by atomic mass is 9.95. The average molecular weight is 274 g/mol. The van der Waals surface area contributed by atoms with Crippen LogP contribution in [-0.2, 0) is 0 Å². The maximum Gasteiger partial charge on any atom is 0.0765 e. The average Bonchev–Trinajstić information content (AvgIpc) is 2.29. The van der Waals surface area contributed by atoms with E-state index < -0.39 is 5.60 Å². The monoisotopic (exact) mass is 273 g/mol. The first-order chi connectivity index (χ1) is 7.70. The van der Waals surface area contributed by atoms with E-state index >= 15 is 0 Å². The second-order valence-electron chi connectivity index (χ2n) is 4.53. The molecule has 2 nitrogen and oxygen atoms in total. The highest BCUT2D eigenvalue weighted by molar-refractivity contribution is 7.99. The van der Waals surface area contributed by atoms with E-state index in [1.807, 2.05) is 0 Å². The number of nitrogens with one attached hydrogen (secondary N) is 1. The number of hydrogen-bond acceptors (Lipinski definition) is 3. The Balaban J connectivity index is 0.00000144. The van der Waals surface area contributed by atoms with Crippen molar-refractivity contribution < 1.29 is 5.11 Å². The molecule has 0 spiro atoms. The predicted octanol–water partition coefficient (Wildman–Crippen LogP) is 2.62. The zero-order valence-electron chi connectivity index (χ0n) is 10.1. The van der Waals surface area contributed by atoms with E-state index in [0.717, 1.165) is 31.7 Å². The molecule has 1 saturated heterocycles. The predicted molar refractivity (Wildman–Crippen MR) is 76.2 cm³/mol. The molecule has 0 amide bonds. The van der Waals surface area contributed by atoms with Crippen LogP contribution in [0.1, 0.15) is 18.4 Å². The number of aryl methyl sites for hydroxylation is 1. The molecule has 1 heterocycles. The van der Waals surface area contributed by atoms with Gasteiger partial charge in [0.15, 0.2) is 0 Å². The molecular formula is C13H20ClNOS. The summed E-state index contributed by atoms with van der Waals surface area (Å²) in [5, 5.41) is 13.6. The van der Waals surface area contributed by atoms with Crippen molar-refractivity contribution >= 4 is 24.2 Å². The molecule has 17 heavy (non-hydrogen) atoms. The van der Waals surface area contributed by atoms with Gasteiger partial charge in [0.2, 0.25) is 0 Å². The Bertz CT molecular complexity index is 353. The lowest BCUT2D eigenvalue weighted by Gasteiger charge is -2.32. The Morgan fingerprint density at radius 2 is 1.94 bits per heavy atom. The molecule has 0 atom stereocenters. The smallest absolute Gasteiger partial charge is 0.0765 e. The zero-order valence-corrected chi connectivity index (χ0v) is 11.7. The van der Waals surface area contributed by atoms with Gasteiger partial charge in [-0.25, -0.2) is 0 Å². The second-order valence-corrected chi connectivity index (χ2v) is 5.55. The molecule has 4 heteroatoms. The van der Waals surface area contributed by atoms with Gasteiger partial charge in [0.1, 0.15) is 0 Å². The summed E-state index contributed by atoms with van der Waals surface area (Å²) in [6, 6.07) is 8.36. The minimum absolute atomic E-state index is 0. The fourth-order valence-electron chi connectivity index (χ4n) is 1.97. The summed E-state index contributed by atoms with van der Waals surface area (Å²) in [5.74, 6) is 0.805. The zero-order chi connectivity index (χ0) is 11.4. The summed E-state index contributed by atoms with van der Waals surface area (Å²) in [6.45, 7) is 3.99. The summed E-state index contributed by atoms with van der Waals surface area (Å²) < 4.78 is 0. The summed E-state index contributed by atoms with van der Waals surface area (Å²) >= 11 is 1.77. The van der Waals surface area contributed by atoms with Crippen LogP contribution in [0.15, 0.2) is 29.2 Å². The summed E-state index contributed by atoms with van der Waals surface area (Å²) in [7, 11) is 0. The van der Waals surface area contributed by atoms with Crippen LogP contribution in [0.5, 0.6) is 0 Å². The van der Waals surface area contributed by atoms with Crippen molar-refractivity contribution in [3.63, 3.8) is 0 Å². The van der Waals surface area contributed by atoms with Gasteiger partial charge in [-0.05, 0) is 44.5 Å². The van der Waals surface area contributed by atoms with Gasteiger partial charge in [-0.3, -0.25) is 0 Å². The molecule has 0 unspecified atom stereocenters. The van der Waals surface area contributed by atoms with Gasteiger partial charge >= 0.3 is 0 Å². The maximum atomic E-state index is 10.4.